The number of nitrogens with zero attached hydrogens (tertiary/aromatic N) is 2. The number of carbonyl (C=O) groups is 1. The summed E-state index contributed by atoms with van der Waals surface area (Å²) >= 11 is 0. The minimum atomic E-state index is -3.82. The van der Waals surface area contributed by atoms with Crippen molar-refractivity contribution in [1.29, 1.82) is 0 Å². The van der Waals surface area contributed by atoms with Crippen LogP contribution in [0.15, 0.2) is 34.4 Å². The Labute approximate surface area is 111 Å². The number of rotatable bonds is 5. The highest BCUT2D eigenvalue weighted by molar-refractivity contribution is 7.91. The zero-order valence-corrected chi connectivity index (χ0v) is 11.4. The van der Waals surface area contributed by atoms with Gasteiger partial charge in [0.05, 0.1) is 16.8 Å². The molecule has 0 N–H and O–H groups in total. The predicted molar refractivity (Wildman–Crippen MR) is 67.9 cm³/mol. The van der Waals surface area contributed by atoms with Crippen LogP contribution in [0.1, 0.15) is 12.5 Å². The zero-order valence-electron chi connectivity index (χ0n) is 10.6. The molecule has 0 aliphatic carbocycles. The summed E-state index contributed by atoms with van der Waals surface area (Å²) in [5, 5.41) is 2.60. The molecule has 0 spiro atoms. The summed E-state index contributed by atoms with van der Waals surface area (Å²) in [6, 6.07) is 6.05. The fourth-order valence-corrected chi connectivity index (χ4v) is 2.46. The molecule has 0 unspecified atom stereocenters. The number of hydrogen-bond acceptors (Lipinski definition) is 6. The van der Waals surface area contributed by atoms with E-state index in [1.807, 2.05) is 6.92 Å². The highest BCUT2D eigenvalue weighted by atomic mass is 32.2. The largest absolute Gasteiger partial charge is 0.448 e. The average Bonchev–Trinajstić information content (AvgIpc) is 2.36. The van der Waals surface area contributed by atoms with Gasteiger partial charge in [0.15, 0.2) is 15.7 Å². The Morgan fingerprint density at radius 1 is 1.32 bits per heavy atom. The van der Waals surface area contributed by atoms with E-state index in [1.165, 1.54) is 19.1 Å². The number of carbonyl (C=O) groups excluding carboxylic acids is 1. The summed E-state index contributed by atoms with van der Waals surface area (Å²) in [4.78, 5) is 21.8. The van der Waals surface area contributed by atoms with Gasteiger partial charge >= 0.3 is 6.09 Å². The quantitative estimate of drug-likeness (QED) is 0.608. The lowest BCUT2D eigenvalue weighted by molar-refractivity contribution is 0.114. The van der Waals surface area contributed by atoms with Crippen LogP contribution in [0.5, 0.6) is 0 Å². The van der Waals surface area contributed by atoms with Crippen LogP contribution in [0.3, 0.4) is 0 Å². The molecule has 0 heterocycles. The molecule has 0 saturated heterocycles. The van der Waals surface area contributed by atoms with Crippen molar-refractivity contribution in [2.45, 2.75) is 18.7 Å². The summed E-state index contributed by atoms with van der Waals surface area (Å²) in [7, 11) is -3.82. The highest BCUT2D eigenvalue weighted by Crippen LogP contribution is 2.14. The minimum absolute atomic E-state index is 0.0102. The molecule has 1 amide bonds. The van der Waals surface area contributed by atoms with Crippen molar-refractivity contribution in [2.24, 2.45) is 5.29 Å². The summed E-state index contributed by atoms with van der Waals surface area (Å²) in [5.41, 5.74) is 0.898. The molecule has 1 aromatic rings. The van der Waals surface area contributed by atoms with Crippen molar-refractivity contribution in [1.82, 2.24) is 5.01 Å². The van der Waals surface area contributed by atoms with Crippen LogP contribution >= 0.6 is 0 Å². The fourth-order valence-electron chi connectivity index (χ4n) is 1.29. The van der Waals surface area contributed by atoms with Gasteiger partial charge in [-0.3, -0.25) is 0 Å². The van der Waals surface area contributed by atoms with Crippen molar-refractivity contribution in [3.05, 3.63) is 34.7 Å². The normalized spacial score (nSPS) is 10.8. The van der Waals surface area contributed by atoms with E-state index in [4.69, 9.17) is 0 Å². The van der Waals surface area contributed by atoms with E-state index in [1.54, 1.807) is 12.1 Å². The third-order valence-electron chi connectivity index (χ3n) is 2.25. The predicted octanol–water partition coefficient (Wildman–Crippen LogP) is 1.87. The monoisotopic (exact) mass is 286 g/mol. The van der Waals surface area contributed by atoms with E-state index in [-0.39, 0.29) is 16.5 Å². The molecule has 104 valence electrons. The Balaban J connectivity index is 2.92. The molecule has 19 heavy (non-hydrogen) atoms. The Hall–Kier alpha value is -1.96. The Morgan fingerprint density at radius 3 is 2.37 bits per heavy atom. The summed E-state index contributed by atoms with van der Waals surface area (Å²) in [5.74, 6) is -0.849. The second-order valence-corrected chi connectivity index (χ2v) is 5.70. The highest BCUT2D eigenvalue weighted by Gasteiger charge is 2.25. The number of nitroso groups, excluding NO2 is 1. The average molecular weight is 286 g/mol. The molecule has 0 fully saturated rings. The third-order valence-corrected chi connectivity index (χ3v) is 3.82. The second kappa shape index (κ2) is 6.28. The molecule has 0 aliphatic rings. The topological polar surface area (TPSA) is 93.1 Å². The van der Waals surface area contributed by atoms with Gasteiger partial charge in [-0.15, -0.1) is 9.92 Å². The molecule has 0 aromatic heterocycles. The Morgan fingerprint density at radius 2 is 1.89 bits per heavy atom. The van der Waals surface area contributed by atoms with Crippen molar-refractivity contribution >= 4 is 15.9 Å². The van der Waals surface area contributed by atoms with Gasteiger partial charge in [-0.1, -0.05) is 17.7 Å². The van der Waals surface area contributed by atoms with Crippen LogP contribution in [-0.4, -0.2) is 32.0 Å². The minimum Gasteiger partial charge on any atom is -0.448 e. The maximum absolute atomic E-state index is 12.0. The van der Waals surface area contributed by atoms with Crippen LogP contribution in [0.2, 0.25) is 0 Å². The SMILES string of the molecule is CCOC(=O)N(CS(=O)(=O)c1ccc(C)cc1)N=O. The van der Waals surface area contributed by atoms with Gasteiger partial charge in [0.25, 0.3) is 0 Å². The second-order valence-electron chi connectivity index (χ2n) is 3.74. The van der Waals surface area contributed by atoms with E-state index in [0.717, 1.165) is 5.56 Å². The van der Waals surface area contributed by atoms with Crippen LogP contribution in [-0.2, 0) is 14.6 Å². The number of benzene rings is 1. The lowest BCUT2D eigenvalue weighted by Gasteiger charge is -2.13. The van der Waals surface area contributed by atoms with Crippen LogP contribution in [0.4, 0.5) is 4.79 Å². The third kappa shape index (κ3) is 4.02. The molecule has 1 aromatic carbocycles. The molecular formula is C11H14N2O5S. The number of aryl methyl sites for hydroxylation is 1. The van der Waals surface area contributed by atoms with Crippen molar-refractivity contribution in [3.63, 3.8) is 0 Å². The number of sulfone groups is 1. The molecule has 0 bridgehead atoms. The van der Waals surface area contributed by atoms with Crippen LogP contribution in [0.25, 0.3) is 0 Å². The Bertz CT molecular complexity index is 553. The molecule has 8 heteroatoms. The molecule has 1 rings (SSSR count). The van der Waals surface area contributed by atoms with E-state index >= 15 is 0 Å². The van der Waals surface area contributed by atoms with Gasteiger partial charge in [0.2, 0.25) is 0 Å². The van der Waals surface area contributed by atoms with E-state index < -0.39 is 21.8 Å². The first kappa shape index (κ1) is 15.1. The van der Waals surface area contributed by atoms with Gasteiger partial charge in [-0.05, 0) is 26.0 Å². The summed E-state index contributed by atoms with van der Waals surface area (Å²) in [6.45, 7) is 3.37. The molecular weight excluding hydrogens is 272 g/mol. The van der Waals surface area contributed by atoms with E-state index in [0.29, 0.717) is 0 Å². The fraction of sp³-hybridized carbons (Fsp3) is 0.364. The van der Waals surface area contributed by atoms with E-state index in [9.17, 15) is 18.1 Å². The van der Waals surface area contributed by atoms with Gasteiger partial charge in [0.1, 0.15) is 0 Å². The molecule has 0 radical (unpaired) electrons. The standard InChI is InChI=1S/C11H14N2O5S/c1-3-18-11(14)13(12-15)8-19(16,17)10-6-4-9(2)5-7-10/h4-7H,3,8H2,1-2H3. The van der Waals surface area contributed by atoms with Crippen molar-refractivity contribution in [3.8, 4) is 0 Å². The molecule has 0 saturated carbocycles. The maximum atomic E-state index is 12.0. The number of ether oxygens (including phenoxy) is 1. The lowest BCUT2D eigenvalue weighted by Crippen LogP contribution is -2.31. The smallest absolute Gasteiger partial charge is 0.433 e. The molecule has 7 nitrogen and oxygen atoms in total. The maximum Gasteiger partial charge on any atom is 0.433 e. The Kier molecular flexibility index (Phi) is 4.99. The zero-order chi connectivity index (χ0) is 14.5. The molecule has 0 atom stereocenters. The van der Waals surface area contributed by atoms with Crippen molar-refractivity contribution < 1.29 is 17.9 Å². The first-order chi connectivity index (χ1) is 8.90. The molecule has 0 aliphatic heterocycles. The van der Waals surface area contributed by atoms with Crippen LogP contribution < -0.4 is 0 Å². The van der Waals surface area contributed by atoms with Gasteiger partial charge in [0, 0.05) is 0 Å². The van der Waals surface area contributed by atoms with E-state index in [2.05, 4.69) is 10.0 Å². The summed E-state index contributed by atoms with van der Waals surface area (Å²) in [6.07, 6.45) is -1.09. The summed E-state index contributed by atoms with van der Waals surface area (Å²) < 4.78 is 28.5. The lowest BCUT2D eigenvalue weighted by atomic mass is 10.2. The number of hydrogen-bond donors (Lipinski definition) is 0. The first-order valence-corrected chi connectivity index (χ1v) is 7.13. The van der Waals surface area contributed by atoms with Gasteiger partial charge < -0.3 is 4.74 Å². The number of amides is 1. The van der Waals surface area contributed by atoms with Crippen molar-refractivity contribution in [2.75, 3.05) is 12.5 Å². The van der Waals surface area contributed by atoms with Crippen LogP contribution in [0, 0.1) is 11.8 Å². The van der Waals surface area contributed by atoms with Gasteiger partial charge in [-0.25, -0.2) is 13.2 Å². The first-order valence-electron chi connectivity index (χ1n) is 5.47. The van der Waals surface area contributed by atoms with Gasteiger partial charge in [-0.2, -0.15) is 0 Å².